The Morgan fingerprint density at radius 2 is 1.94 bits per heavy atom. The van der Waals surface area contributed by atoms with Crippen LogP contribution in [-0.4, -0.2) is 96.4 Å². The molecule has 0 aromatic heterocycles. The zero-order chi connectivity index (χ0) is 22.9. The highest BCUT2D eigenvalue weighted by Crippen LogP contribution is 2.69. The van der Waals surface area contributed by atoms with Crippen molar-refractivity contribution < 1.29 is 38.9 Å². The third-order valence-corrected chi connectivity index (χ3v) is 9.89. The van der Waals surface area contributed by atoms with Gasteiger partial charge in [-0.05, 0) is 6.92 Å². The number of esters is 1. The summed E-state index contributed by atoms with van der Waals surface area (Å²) in [5.41, 5.74) is -4.37. The lowest BCUT2D eigenvalue weighted by molar-refractivity contribution is -0.189. The van der Waals surface area contributed by atoms with E-state index < -0.39 is 69.0 Å². The average molecular weight is 455 g/mol. The Balaban J connectivity index is 1.66. The van der Waals surface area contributed by atoms with Gasteiger partial charge in [-0.2, -0.15) is 0 Å². The van der Waals surface area contributed by atoms with E-state index in [0.717, 1.165) is 11.8 Å². The maximum Gasteiger partial charge on any atom is 0.303 e. The van der Waals surface area contributed by atoms with E-state index >= 15 is 0 Å². The van der Waals surface area contributed by atoms with E-state index in [9.17, 15) is 29.4 Å². The molecule has 4 saturated heterocycles. The van der Waals surface area contributed by atoms with Gasteiger partial charge in [-0.1, -0.05) is 25.6 Å². The predicted octanol–water partition coefficient (Wildman–Crippen LogP) is -0.990. The van der Waals surface area contributed by atoms with Crippen LogP contribution in [-0.2, 0) is 28.7 Å². The van der Waals surface area contributed by atoms with Gasteiger partial charge < -0.3 is 29.5 Å². The predicted molar refractivity (Wildman–Crippen MR) is 105 cm³/mol. The molecular weight excluding hydrogens is 428 g/mol. The van der Waals surface area contributed by atoms with Crippen LogP contribution in [0.2, 0.25) is 0 Å². The fraction of sp³-hybridized carbons (Fsp3) is 0.800. The van der Waals surface area contributed by atoms with Crippen LogP contribution in [0.5, 0.6) is 0 Å². The molecule has 2 spiro atoms. The van der Waals surface area contributed by atoms with Crippen molar-refractivity contribution in [2.24, 2.45) is 5.41 Å². The van der Waals surface area contributed by atoms with Gasteiger partial charge in [0.05, 0.1) is 24.2 Å². The van der Waals surface area contributed by atoms with Gasteiger partial charge in [0.1, 0.15) is 5.60 Å². The number of carbonyl (C=O) groups is 4. The van der Waals surface area contributed by atoms with Crippen LogP contribution in [0.3, 0.4) is 0 Å². The van der Waals surface area contributed by atoms with Crippen molar-refractivity contribution >= 4 is 35.3 Å². The number of likely N-dealkylation sites (N-methyl/N-ethyl adjacent to an activating group) is 1. The van der Waals surface area contributed by atoms with Crippen LogP contribution in [0.4, 0.5) is 0 Å². The summed E-state index contributed by atoms with van der Waals surface area (Å²) in [5.74, 6) is -1.91. The average Bonchev–Trinajstić information content (AvgIpc) is 3.29. The first-order valence-electron chi connectivity index (χ1n) is 10.3. The number of fused-ring (bicyclic) bond motifs is 3. The van der Waals surface area contributed by atoms with E-state index in [1.807, 2.05) is 0 Å². The quantitative estimate of drug-likeness (QED) is 0.505. The monoisotopic (exact) mass is 454 g/mol. The maximum atomic E-state index is 13.5. The molecule has 31 heavy (non-hydrogen) atoms. The largest absolute Gasteiger partial charge is 0.456 e. The maximum absolute atomic E-state index is 13.5. The summed E-state index contributed by atoms with van der Waals surface area (Å²) in [5, 5.41) is 21.9. The van der Waals surface area contributed by atoms with Gasteiger partial charge >= 0.3 is 5.97 Å². The fourth-order valence-corrected chi connectivity index (χ4v) is 8.16. The first-order valence-corrected chi connectivity index (χ1v) is 11.1. The van der Waals surface area contributed by atoms with Crippen LogP contribution in [0.15, 0.2) is 0 Å². The molecule has 2 amide bonds. The summed E-state index contributed by atoms with van der Waals surface area (Å²) in [6.45, 7) is 5.82. The third-order valence-electron chi connectivity index (χ3n) is 8.12. The Morgan fingerprint density at radius 3 is 2.45 bits per heavy atom. The second-order valence-electron chi connectivity index (χ2n) is 9.95. The molecule has 2 N–H and O–H groups in total. The number of aliphatic hydroxyl groups is 2. The van der Waals surface area contributed by atoms with Crippen molar-refractivity contribution in [3.8, 4) is 0 Å². The molecule has 0 aromatic rings. The Labute approximate surface area is 183 Å². The van der Waals surface area contributed by atoms with Gasteiger partial charge in [0.2, 0.25) is 0 Å². The number of amides is 2. The molecular formula is C20H26N2O8S. The minimum Gasteiger partial charge on any atom is -0.456 e. The van der Waals surface area contributed by atoms with Crippen molar-refractivity contribution in [2.45, 2.75) is 79.7 Å². The molecule has 11 heteroatoms. The number of nitrogens with zero attached hydrogens (tertiary/aromatic N) is 2. The molecule has 5 fully saturated rings. The number of ether oxygens (including phenoxy) is 2. The molecule has 5 aliphatic rings. The normalized spacial score (nSPS) is 49.4. The summed E-state index contributed by atoms with van der Waals surface area (Å²) in [4.78, 5) is 51.9. The van der Waals surface area contributed by atoms with E-state index in [1.54, 1.807) is 20.8 Å². The number of hydrogen-bond donors (Lipinski definition) is 2. The summed E-state index contributed by atoms with van der Waals surface area (Å²) in [6, 6.07) is -0.979. The molecule has 4 heterocycles. The van der Waals surface area contributed by atoms with E-state index in [4.69, 9.17) is 9.47 Å². The number of ketones is 1. The molecule has 0 unspecified atom stereocenters. The van der Waals surface area contributed by atoms with Crippen molar-refractivity contribution in [1.82, 2.24) is 9.80 Å². The fourth-order valence-electron chi connectivity index (χ4n) is 6.30. The van der Waals surface area contributed by atoms with E-state index in [0.29, 0.717) is 0 Å². The second-order valence-corrected chi connectivity index (χ2v) is 11.5. The molecule has 4 aliphatic heterocycles. The van der Waals surface area contributed by atoms with E-state index in [1.165, 1.54) is 23.8 Å². The van der Waals surface area contributed by atoms with Crippen LogP contribution < -0.4 is 0 Å². The molecule has 0 radical (unpaired) electrons. The van der Waals surface area contributed by atoms with Crippen LogP contribution in [0.25, 0.3) is 0 Å². The third kappa shape index (κ3) is 1.99. The minimum atomic E-state index is -1.85. The summed E-state index contributed by atoms with van der Waals surface area (Å²) < 4.78 is 11.7. The number of rotatable bonds is 2. The zero-order valence-electron chi connectivity index (χ0n) is 18.0. The van der Waals surface area contributed by atoms with Crippen molar-refractivity contribution in [1.29, 1.82) is 0 Å². The summed E-state index contributed by atoms with van der Waals surface area (Å²) in [6.07, 6.45) is -2.20. The Hall–Kier alpha value is -1.69. The van der Waals surface area contributed by atoms with Gasteiger partial charge in [0.25, 0.3) is 11.8 Å². The van der Waals surface area contributed by atoms with Gasteiger partial charge in [-0.25, -0.2) is 0 Å². The highest BCUT2D eigenvalue weighted by Gasteiger charge is 2.86. The number of carbonyl (C=O) groups excluding carboxylic acids is 4. The second kappa shape index (κ2) is 5.62. The topological polar surface area (TPSA) is 134 Å². The molecule has 1 aliphatic carbocycles. The molecule has 2 bridgehead atoms. The van der Waals surface area contributed by atoms with Crippen molar-refractivity contribution in [2.75, 3.05) is 13.7 Å². The Morgan fingerprint density at radius 1 is 1.29 bits per heavy atom. The zero-order valence-corrected chi connectivity index (χ0v) is 18.8. The molecule has 0 aromatic carbocycles. The number of hydrogen-bond acceptors (Lipinski definition) is 9. The first-order chi connectivity index (χ1) is 14.2. The number of piperazine rings is 1. The minimum absolute atomic E-state index is 0.0966. The van der Waals surface area contributed by atoms with Crippen molar-refractivity contribution in [3.05, 3.63) is 0 Å². The smallest absolute Gasteiger partial charge is 0.303 e. The van der Waals surface area contributed by atoms with E-state index in [-0.39, 0.29) is 18.6 Å². The van der Waals surface area contributed by atoms with Gasteiger partial charge in [0, 0.05) is 26.8 Å². The van der Waals surface area contributed by atoms with Gasteiger partial charge in [-0.15, -0.1) is 0 Å². The van der Waals surface area contributed by atoms with Gasteiger partial charge in [-0.3, -0.25) is 19.2 Å². The Kier molecular flexibility index (Phi) is 3.84. The molecule has 170 valence electrons. The lowest BCUT2D eigenvalue weighted by Crippen LogP contribution is -2.64. The van der Waals surface area contributed by atoms with Crippen LogP contribution >= 0.6 is 11.8 Å². The number of aliphatic hydroxyl groups excluding tert-OH is 1. The lowest BCUT2D eigenvalue weighted by atomic mass is 9.76. The standard InChI is InChI=1S/C20H26N2O8S/c1-9-16(3,4)12(25)18(30-9)6-11-17(28,13(18)29-10(2)24)7-19-14(26)21(5)20(8-23,31-19)15(27)22(11)19/h9,11,13,23,28H,6-8H2,1-5H3/t9-,11-,13+,17+,18-,19-,20-/m1/s1. The molecule has 7 atom stereocenters. The molecule has 1 saturated carbocycles. The Bertz CT molecular complexity index is 955. The number of Topliss-reactive ketones (excluding diaryl/α,β-unsaturated/α-hetero) is 1. The van der Waals surface area contributed by atoms with Crippen molar-refractivity contribution in [3.63, 3.8) is 0 Å². The SMILES string of the molecule is CC(=O)O[C@H]1[C@]2(O)C[C@]34S[C@](CO)(C(=O)N3[C@@H]2C[C@]12O[C@H](C)C(C)(C)C2=O)N(C)C4=O. The van der Waals surface area contributed by atoms with Crippen LogP contribution in [0.1, 0.15) is 40.5 Å². The first kappa shape index (κ1) is 21.2. The highest BCUT2D eigenvalue weighted by molar-refractivity contribution is 8.04. The highest BCUT2D eigenvalue weighted by atomic mass is 32.2. The lowest BCUT2D eigenvalue weighted by Gasteiger charge is -2.40. The summed E-state index contributed by atoms with van der Waals surface area (Å²) >= 11 is 1.01. The van der Waals surface area contributed by atoms with Gasteiger partial charge in [0.15, 0.2) is 27.2 Å². The molecule has 5 rings (SSSR count). The summed E-state index contributed by atoms with van der Waals surface area (Å²) in [7, 11) is 1.45. The number of thioether (sulfide) groups is 1. The molecule has 10 nitrogen and oxygen atoms in total. The van der Waals surface area contributed by atoms with E-state index in [2.05, 4.69) is 0 Å². The van der Waals surface area contributed by atoms with Crippen LogP contribution in [0, 0.1) is 5.41 Å².